The Bertz CT molecular complexity index is 558. The van der Waals surface area contributed by atoms with Gasteiger partial charge in [-0.15, -0.1) is 0 Å². The average Bonchev–Trinajstić information content (AvgIpc) is 2.46. The van der Waals surface area contributed by atoms with Crippen LogP contribution in [0.4, 0.5) is 0 Å². The van der Waals surface area contributed by atoms with Gasteiger partial charge in [-0.2, -0.15) is 0 Å². The first-order valence-corrected chi connectivity index (χ1v) is 7.38. The quantitative estimate of drug-likeness (QED) is 0.866. The molecule has 112 valence electrons. The van der Waals surface area contributed by atoms with Gasteiger partial charge in [0.15, 0.2) is 0 Å². The predicted molar refractivity (Wildman–Crippen MR) is 82.4 cm³/mol. The molecular weight excluding hydrogens is 313 g/mol. The summed E-state index contributed by atoms with van der Waals surface area (Å²) in [5.41, 5.74) is 0.606. The number of rotatable bonds is 3. The summed E-state index contributed by atoms with van der Waals surface area (Å²) < 4.78 is 0. The molecule has 2 rings (SSSR count). The van der Waals surface area contributed by atoms with Gasteiger partial charge in [0.1, 0.15) is 0 Å². The molecule has 1 amide bonds. The Morgan fingerprint density at radius 1 is 1.19 bits per heavy atom. The van der Waals surface area contributed by atoms with E-state index in [-0.39, 0.29) is 11.8 Å². The van der Waals surface area contributed by atoms with Gasteiger partial charge in [-0.25, -0.2) is 0 Å². The molecular formula is C15H15Cl2NO3. The van der Waals surface area contributed by atoms with Crippen molar-refractivity contribution in [3.05, 3.63) is 39.9 Å². The van der Waals surface area contributed by atoms with E-state index in [4.69, 9.17) is 28.3 Å². The Labute approximate surface area is 133 Å². The maximum atomic E-state index is 12.1. The van der Waals surface area contributed by atoms with Crippen molar-refractivity contribution in [2.24, 2.45) is 5.92 Å². The summed E-state index contributed by atoms with van der Waals surface area (Å²) in [5.74, 6) is -1.30. The first-order valence-electron chi connectivity index (χ1n) is 6.63. The number of hydrogen-bond donors (Lipinski definition) is 1. The molecule has 1 fully saturated rings. The van der Waals surface area contributed by atoms with Crippen molar-refractivity contribution in [2.45, 2.75) is 12.8 Å². The van der Waals surface area contributed by atoms with Crippen LogP contribution < -0.4 is 0 Å². The summed E-state index contributed by atoms with van der Waals surface area (Å²) in [4.78, 5) is 24.6. The lowest BCUT2D eigenvalue weighted by Gasteiger charge is -2.29. The number of carboxylic acid groups (broad SMARTS) is 1. The molecule has 1 saturated heterocycles. The lowest BCUT2D eigenvalue weighted by molar-refractivity contribution is -0.144. The van der Waals surface area contributed by atoms with Crippen LogP contribution in [0.1, 0.15) is 18.4 Å². The van der Waals surface area contributed by atoms with E-state index >= 15 is 0 Å². The van der Waals surface area contributed by atoms with Crippen LogP contribution in [0.3, 0.4) is 0 Å². The SMILES string of the molecule is O=C(O)C1CCN(C(=O)C=Cc2c(Cl)cccc2Cl)CC1. The van der Waals surface area contributed by atoms with Gasteiger partial charge in [0.05, 0.1) is 5.92 Å². The fourth-order valence-electron chi connectivity index (χ4n) is 2.28. The van der Waals surface area contributed by atoms with Crippen LogP contribution in [0.25, 0.3) is 6.08 Å². The molecule has 0 radical (unpaired) electrons. The summed E-state index contributed by atoms with van der Waals surface area (Å²) in [7, 11) is 0. The van der Waals surface area contributed by atoms with Gasteiger partial charge in [0, 0.05) is 34.8 Å². The van der Waals surface area contributed by atoms with Crippen LogP contribution in [0.2, 0.25) is 10.0 Å². The second-order valence-electron chi connectivity index (χ2n) is 4.91. The van der Waals surface area contributed by atoms with E-state index in [9.17, 15) is 9.59 Å². The van der Waals surface area contributed by atoms with Crippen LogP contribution in [0.5, 0.6) is 0 Å². The highest BCUT2D eigenvalue weighted by Crippen LogP contribution is 2.25. The van der Waals surface area contributed by atoms with Crippen LogP contribution in [0.15, 0.2) is 24.3 Å². The Kier molecular flexibility index (Phi) is 5.26. The molecule has 0 atom stereocenters. The third kappa shape index (κ3) is 3.99. The monoisotopic (exact) mass is 327 g/mol. The summed E-state index contributed by atoms with van der Waals surface area (Å²) in [5, 5.41) is 9.89. The molecule has 1 aliphatic rings. The Morgan fingerprint density at radius 3 is 2.29 bits per heavy atom. The predicted octanol–water partition coefficient (Wildman–Crippen LogP) is 3.33. The highest BCUT2D eigenvalue weighted by molar-refractivity contribution is 6.37. The van der Waals surface area contributed by atoms with Crippen molar-refractivity contribution in [1.29, 1.82) is 0 Å². The van der Waals surface area contributed by atoms with Crippen molar-refractivity contribution in [3.63, 3.8) is 0 Å². The number of aliphatic carboxylic acids is 1. The minimum Gasteiger partial charge on any atom is -0.481 e. The average molecular weight is 328 g/mol. The van der Waals surface area contributed by atoms with Crippen molar-refractivity contribution < 1.29 is 14.7 Å². The smallest absolute Gasteiger partial charge is 0.306 e. The topological polar surface area (TPSA) is 57.6 Å². The minimum atomic E-state index is -0.791. The van der Waals surface area contributed by atoms with Crippen LogP contribution >= 0.6 is 23.2 Å². The number of hydrogen-bond acceptors (Lipinski definition) is 2. The van der Waals surface area contributed by atoms with E-state index in [0.29, 0.717) is 41.5 Å². The summed E-state index contributed by atoms with van der Waals surface area (Å²) >= 11 is 12.1. The second kappa shape index (κ2) is 6.96. The van der Waals surface area contributed by atoms with Crippen molar-refractivity contribution in [1.82, 2.24) is 4.90 Å². The molecule has 0 aliphatic carbocycles. The molecule has 0 bridgehead atoms. The third-order valence-corrected chi connectivity index (χ3v) is 4.21. The third-order valence-electron chi connectivity index (χ3n) is 3.55. The van der Waals surface area contributed by atoms with Gasteiger partial charge < -0.3 is 10.0 Å². The molecule has 0 saturated carbocycles. The lowest BCUT2D eigenvalue weighted by Crippen LogP contribution is -2.39. The molecule has 0 spiro atoms. The number of carbonyl (C=O) groups excluding carboxylic acids is 1. The molecule has 1 aromatic rings. The number of carboxylic acids is 1. The van der Waals surface area contributed by atoms with Gasteiger partial charge in [-0.1, -0.05) is 29.3 Å². The minimum absolute atomic E-state index is 0.158. The Hall–Kier alpha value is -1.52. The molecule has 0 unspecified atom stereocenters. The largest absolute Gasteiger partial charge is 0.481 e. The fraction of sp³-hybridized carbons (Fsp3) is 0.333. The number of benzene rings is 1. The van der Waals surface area contributed by atoms with Crippen molar-refractivity contribution >= 4 is 41.2 Å². The lowest BCUT2D eigenvalue weighted by atomic mass is 9.97. The number of nitrogens with zero attached hydrogens (tertiary/aromatic N) is 1. The maximum Gasteiger partial charge on any atom is 0.306 e. The normalized spacial score (nSPS) is 16.4. The number of amides is 1. The first kappa shape index (κ1) is 15.9. The summed E-state index contributed by atoms with van der Waals surface area (Å²) in [6, 6.07) is 5.15. The summed E-state index contributed by atoms with van der Waals surface area (Å²) in [6.45, 7) is 0.910. The van der Waals surface area contributed by atoms with E-state index in [1.54, 1.807) is 29.2 Å². The molecule has 21 heavy (non-hydrogen) atoms. The zero-order valence-electron chi connectivity index (χ0n) is 11.3. The number of piperidine rings is 1. The Morgan fingerprint density at radius 2 is 1.76 bits per heavy atom. The van der Waals surface area contributed by atoms with E-state index in [2.05, 4.69) is 0 Å². The van der Waals surface area contributed by atoms with Gasteiger partial charge in [-0.3, -0.25) is 9.59 Å². The van der Waals surface area contributed by atoms with Crippen LogP contribution in [-0.2, 0) is 9.59 Å². The molecule has 1 aromatic carbocycles. The van der Waals surface area contributed by atoms with Gasteiger partial charge in [0.2, 0.25) is 5.91 Å². The van der Waals surface area contributed by atoms with Crippen molar-refractivity contribution in [2.75, 3.05) is 13.1 Å². The first-order chi connectivity index (χ1) is 9.99. The van der Waals surface area contributed by atoms with Crippen LogP contribution in [0, 0.1) is 5.92 Å². The number of likely N-dealkylation sites (tertiary alicyclic amines) is 1. The van der Waals surface area contributed by atoms with E-state index < -0.39 is 5.97 Å². The van der Waals surface area contributed by atoms with Gasteiger partial charge in [0.25, 0.3) is 0 Å². The molecule has 4 nitrogen and oxygen atoms in total. The van der Waals surface area contributed by atoms with E-state index in [1.807, 2.05) is 0 Å². The zero-order chi connectivity index (χ0) is 15.4. The fourth-order valence-corrected chi connectivity index (χ4v) is 2.80. The highest BCUT2D eigenvalue weighted by Gasteiger charge is 2.25. The molecule has 1 heterocycles. The summed E-state index contributed by atoms with van der Waals surface area (Å²) in [6.07, 6.45) is 3.99. The van der Waals surface area contributed by atoms with Crippen LogP contribution in [-0.4, -0.2) is 35.0 Å². The van der Waals surface area contributed by atoms with E-state index in [1.165, 1.54) is 6.08 Å². The van der Waals surface area contributed by atoms with E-state index in [0.717, 1.165) is 0 Å². The standard InChI is InChI=1S/C15H15Cl2NO3/c16-12-2-1-3-13(17)11(12)4-5-14(19)18-8-6-10(7-9-18)15(20)21/h1-5,10H,6-9H2,(H,20,21). The zero-order valence-corrected chi connectivity index (χ0v) is 12.8. The van der Waals surface area contributed by atoms with Gasteiger partial charge in [-0.05, 0) is 31.1 Å². The number of carbonyl (C=O) groups is 2. The highest BCUT2D eigenvalue weighted by atomic mass is 35.5. The van der Waals surface area contributed by atoms with Crippen molar-refractivity contribution in [3.8, 4) is 0 Å². The second-order valence-corrected chi connectivity index (χ2v) is 5.72. The molecule has 1 aliphatic heterocycles. The maximum absolute atomic E-state index is 12.1. The molecule has 0 aromatic heterocycles. The molecule has 1 N–H and O–H groups in total. The Balaban J connectivity index is 1.99. The molecule has 6 heteroatoms. The number of halogens is 2. The van der Waals surface area contributed by atoms with Gasteiger partial charge >= 0.3 is 5.97 Å².